The van der Waals surface area contributed by atoms with Crippen LogP contribution in [0.1, 0.15) is 0 Å². The van der Waals surface area contributed by atoms with E-state index in [0.29, 0.717) is 28.9 Å². The van der Waals surface area contributed by atoms with Crippen molar-refractivity contribution in [1.29, 1.82) is 0 Å². The zero-order valence-electron chi connectivity index (χ0n) is 24.5. The molecule has 216 valence electrons. The van der Waals surface area contributed by atoms with Gasteiger partial charge in [-0.25, -0.2) is 19.9 Å². The first-order chi connectivity index (χ1) is 22.8. The Balaban J connectivity index is 1.26. The molecule has 0 fully saturated rings. The molecule has 0 atom stereocenters. The molecule has 0 radical (unpaired) electrons. The molecule has 6 heteroatoms. The Morgan fingerprint density at radius 2 is 0.935 bits per heavy atom. The average Bonchev–Trinajstić information content (AvgIpc) is 3.75. The van der Waals surface area contributed by atoms with Crippen LogP contribution in [0, 0.1) is 0 Å². The summed E-state index contributed by atoms with van der Waals surface area (Å²) in [6, 6.07) is 48.2. The molecule has 9 rings (SSSR count). The van der Waals surface area contributed by atoms with E-state index in [2.05, 4.69) is 18.2 Å². The molecule has 0 aliphatic heterocycles. The minimum absolute atomic E-state index is 0.545. The second kappa shape index (κ2) is 10.6. The summed E-state index contributed by atoms with van der Waals surface area (Å²) in [5, 5.41) is 1.95. The molecular weight excluding hydrogens is 568 g/mol. The van der Waals surface area contributed by atoms with Gasteiger partial charge in [0.05, 0.1) is 5.56 Å². The van der Waals surface area contributed by atoms with Crippen LogP contribution in [0.15, 0.2) is 154 Å². The van der Waals surface area contributed by atoms with Crippen molar-refractivity contribution >= 4 is 33.0 Å². The summed E-state index contributed by atoms with van der Waals surface area (Å²) >= 11 is 0. The van der Waals surface area contributed by atoms with Crippen molar-refractivity contribution < 1.29 is 8.83 Å². The number of para-hydroxylation sites is 2. The first kappa shape index (κ1) is 26.0. The number of hydrogen-bond acceptors (Lipinski definition) is 6. The second-order valence-corrected chi connectivity index (χ2v) is 11.0. The Morgan fingerprint density at radius 1 is 0.370 bits per heavy atom. The topological polar surface area (TPSA) is 77.8 Å². The molecule has 0 N–H and O–H groups in total. The van der Waals surface area contributed by atoms with E-state index in [1.807, 2.05) is 127 Å². The fourth-order valence-electron chi connectivity index (χ4n) is 6.04. The summed E-state index contributed by atoms with van der Waals surface area (Å²) < 4.78 is 13.0. The van der Waals surface area contributed by atoms with E-state index in [4.69, 9.17) is 28.8 Å². The molecule has 0 aliphatic carbocycles. The van der Waals surface area contributed by atoms with Gasteiger partial charge in [-0.2, -0.15) is 0 Å². The van der Waals surface area contributed by atoms with Crippen molar-refractivity contribution in [2.45, 2.75) is 0 Å². The van der Waals surface area contributed by atoms with Gasteiger partial charge in [0.25, 0.3) is 0 Å². The van der Waals surface area contributed by atoms with E-state index in [9.17, 15) is 0 Å². The largest absolute Gasteiger partial charge is 0.455 e. The van der Waals surface area contributed by atoms with Crippen LogP contribution in [0.2, 0.25) is 0 Å². The quantitative estimate of drug-likeness (QED) is 0.198. The summed E-state index contributed by atoms with van der Waals surface area (Å²) in [7, 11) is 0. The second-order valence-electron chi connectivity index (χ2n) is 11.0. The summed E-state index contributed by atoms with van der Waals surface area (Å²) in [6.45, 7) is 0. The minimum atomic E-state index is 0.545. The number of benzene rings is 6. The van der Waals surface area contributed by atoms with E-state index >= 15 is 0 Å². The first-order valence-corrected chi connectivity index (χ1v) is 15.1. The lowest BCUT2D eigenvalue weighted by molar-refractivity contribution is 0.621. The molecule has 6 aromatic carbocycles. The third-order valence-corrected chi connectivity index (χ3v) is 8.19. The van der Waals surface area contributed by atoms with E-state index < -0.39 is 0 Å². The number of aromatic nitrogens is 4. The van der Waals surface area contributed by atoms with Crippen molar-refractivity contribution in [2.75, 3.05) is 0 Å². The maximum absolute atomic E-state index is 6.63. The Labute approximate surface area is 263 Å². The summed E-state index contributed by atoms with van der Waals surface area (Å²) in [6.07, 6.45) is 0. The Kier molecular flexibility index (Phi) is 6.03. The lowest BCUT2D eigenvalue weighted by Crippen LogP contribution is -2.00. The molecule has 46 heavy (non-hydrogen) atoms. The fraction of sp³-hybridized carbons (Fsp3) is 0. The smallest absolute Gasteiger partial charge is 0.227 e. The van der Waals surface area contributed by atoms with Crippen molar-refractivity contribution in [3.63, 3.8) is 0 Å². The molecule has 9 aromatic rings. The molecule has 0 saturated carbocycles. The SMILES string of the molecule is c1ccc(-c2nc(-c3ccccc3)nc(-c3cccc4c3oc3cccc(-c5cccc6nc(-c7ccccc7)oc56)c34)n2)cc1. The van der Waals surface area contributed by atoms with Crippen LogP contribution in [0.4, 0.5) is 0 Å². The molecule has 0 saturated heterocycles. The molecule has 0 spiro atoms. The highest BCUT2D eigenvalue weighted by molar-refractivity contribution is 6.16. The van der Waals surface area contributed by atoms with Gasteiger partial charge in [0.1, 0.15) is 16.7 Å². The van der Waals surface area contributed by atoms with Gasteiger partial charge in [-0.1, -0.05) is 115 Å². The highest BCUT2D eigenvalue weighted by Crippen LogP contribution is 2.42. The van der Waals surface area contributed by atoms with E-state index in [-0.39, 0.29) is 0 Å². The highest BCUT2D eigenvalue weighted by Gasteiger charge is 2.21. The van der Waals surface area contributed by atoms with Crippen molar-refractivity contribution in [2.24, 2.45) is 0 Å². The van der Waals surface area contributed by atoms with Gasteiger partial charge in [0.2, 0.25) is 5.89 Å². The van der Waals surface area contributed by atoms with Crippen LogP contribution >= 0.6 is 0 Å². The van der Waals surface area contributed by atoms with Crippen LogP contribution in [0.25, 0.3) is 89.8 Å². The van der Waals surface area contributed by atoms with Gasteiger partial charge in [-0.05, 0) is 35.9 Å². The van der Waals surface area contributed by atoms with Gasteiger partial charge in [0.15, 0.2) is 23.1 Å². The van der Waals surface area contributed by atoms with Gasteiger partial charge < -0.3 is 8.83 Å². The average molecular weight is 593 g/mol. The van der Waals surface area contributed by atoms with Crippen LogP contribution in [-0.2, 0) is 0 Å². The molecule has 3 aromatic heterocycles. The van der Waals surface area contributed by atoms with Gasteiger partial charge >= 0.3 is 0 Å². The Bertz CT molecular complexity index is 2460. The van der Waals surface area contributed by atoms with Crippen molar-refractivity contribution in [3.05, 3.63) is 146 Å². The predicted octanol–water partition coefficient (Wildman–Crippen LogP) is 10.2. The number of fused-ring (bicyclic) bond motifs is 4. The number of nitrogens with zero attached hydrogens (tertiary/aromatic N) is 4. The lowest BCUT2D eigenvalue weighted by Gasteiger charge is -2.08. The maximum atomic E-state index is 6.63. The van der Waals surface area contributed by atoms with E-state index in [1.165, 1.54) is 0 Å². The maximum Gasteiger partial charge on any atom is 0.227 e. The number of rotatable bonds is 5. The normalized spacial score (nSPS) is 11.5. The van der Waals surface area contributed by atoms with Crippen molar-refractivity contribution in [1.82, 2.24) is 19.9 Å². The van der Waals surface area contributed by atoms with Gasteiger partial charge in [-0.3, -0.25) is 0 Å². The van der Waals surface area contributed by atoms with Crippen molar-refractivity contribution in [3.8, 4) is 56.7 Å². The monoisotopic (exact) mass is 592 g/mol. The summed E-state index contributed by atoms with van der Waals surface area (Å²) in [5.41, 5.74) is 8.51. The predicted molar refractivity (Wildman–Crippen MR) is 182 cm³/mol. The zero-order valence-corrected chi connectivity index (χ0v) is 24.5. The minimum Gasteiger partial charge on any atom is -0.455 e. The molecule has 0 aliphatic rings. The molecule has 0 amide bonds. The van der Waals surface area contributed by atoms with Gasteiger partial charge in [-0.15, -0.1) is 0 Å². The standard InChI is InChI=1S/C40H24N4O2/c1-4-13-25(14-5-1)37-42-38(26-15-6-2-7-16-26)44-39(43-37)31-22-10-21-30-34-28(19-12-24-33(34)45-35(30)31)29-20-11-23-32-36(29)46-40(41-32)27-17-8-3-9-18-27/h1-24H. The molecule has 6 nitrogen and oxygen atoms in total. The highest BCUT2D eigenvalue weighted by atomic mass is 16.3. The molecule has 0 unspecified atom stereocenters. The first-order valence-electron chi connectivity index (χ1n) is 15.1. The number of furan rings is 1. The van der Waals surface area contributed by atoms with Crippen LogP contribution in [-0.4, -0.2) is 19.9 Å². The number of oxazole rings is 1. The summed E-state index contributed by atoms with van der Waals surface area (Å²) in [4.78, 5) is 19.6. The van der Waals surface area contributed by atoms with Crippen LogP contribution in [0.3, 0.4) is 0 Å². The lowest BCUT2D eigenvalue weighted by atomic mass is 9.98. The molecule has 0 bridgehead atoms. The van der Waals surface area contributed by atoms with E-state index in [0.717, 1.165) is 60.8 Å². The van der Waals surface area contributed by atoms with Gasteiger partial charge in [0, 0.05) is 33.0 Å². The third-order valence-electron chi connectivity index (χ3n) is 8.19. The van der Waals surface area contributed by atoms with Crippen LogP contribution < -0.4 is 0 Å². The molecular formula is C40H24N4O2. The van der Waals surface area contributed by atoms with Crippen LogP contribution in [0.5, 0.6) is 0 Å². The molecule has 3 heterocycles. The third kappa shape index (κ3) is 4.35. The number of hydrogen-bond donors (Lipinski definition) is 0. The fourth-order valence-corrected chi connectivity index (χ4v) is 6.04. The Morgan fingerprint density at radius 3 is 1.63 bits per heavy atom. The van der Waals surface area contributed by atoms with E-state index in [1.54, 1.807) is 0 Å². The Hall–Kier alpha value is -6.40. The zero-order chi connectivity index (χ0) is 30.5. The summed E-state index contributed by atoms with van der Waals surface area (Å²) in [5.74, 6) is 2.34.